The molecule has 0 atom stereocenters. The summed E-state index contributed by atoms with van der Waals surface area (Å²) in [6.07, 6.45) is 19.1. The van der Waals surface area contributed by atoms with Crippen LogP contribution in [-0.2, 0) is 4.74 Å². The summed E-state index contributed by atoms with van der Waals surface area (Å²) < 4.78 is 21.3. The van der Waals surface area contributed by atoms with Crippen molar-refractivity contribution in [1.29, 1.82) is 0 Å². The maximum absolute atomic E-state index is 12.3. The van der Waals surface area contributed by atoms with E-state index in [9.17, 15) is 14.7 Å². The Labute approximate surface area is 460 Å². The van der Waals surface area contributed by atoms with Gasteiger partial charge in [-0.05, 0) is 160 Å². The van der Waals surface area contributed by atoms with E-state index in [0.717, 1.165) is 117 Å². The first-order chi connectivity index (χ1) is 38.3. The lowest BCUT2D eigenvalue weighted by molar-refractivity contribution is 0.0517. The van der Waals surface area contributed by atoms with Crippen molar-refractivity contribution in [2.75, 3.05) is 46.4 Å². The fourth-order valence-electron chi connectivity index (χ4n) is 11.4. The minimum Gasteiger partial charge on any atom is -0.487 e. The van der Waals surface area contributed by atoms with Crippen molar-refractivity contribution in [2.45, 2.75) is 77.4 Å². The van der Waals surface area contributed by atoms with Gasteiger partial charge in [0.2, 0.25) is 0 Å². The van der Waals surface area contributed by atoms with Crippen LogP contribution in [0.3, 0.4) is 0 Å². The summed E-state index contributed by atoms with van der Waals surface area (Å²) in [5, 5.41) is 22.1. The summed E-state index contributed by atoms with van der Waals surface area (Å²) in [5.74, 6) is 0.422. The number of rotatable bonds is 14. The molecule has 14 heteroatoms. The molecule has 0 spiro atoms. The third-order valence-electron chi connectivity index (χ3n) is 15.0. The molecule has 2 aliphatic rings. The average molecular weight is 1060 g/mol. The molecule has 6 aromatic carbocycles. The van der Waals surface area contributed by atoms with Crippen LogP contribution in [0.25, 0.3) is 77.3 Å². The Morgan fingerprint density at radius 2 is 0.886 bits per heavy atom. The van der Waals surface area contributed by atoms with Gasteiger partial charge in [0.1, 0.15) is 22.7 Å². The standard InChI is InChI=1S/C33H34N4O3.C32H32N4O3/c1-33(2,22-36-17-7-4-8-18-36)40-25-13-11-23(12-14-25)24-19-34-31-30(20-35-37(31)21-24)28-15-16-29(32(38)39-3)27-10-6-5-9-26(27)28;1-32(2,21-35-16-6-3-7-17-35)39-24-12-10-22(11-13-24)23-18-33-30-29(19-34-36(30)20-23)27-14-15-28(31(37)38)26-9-5-4-8-25(26)27/h5-6,9-16,19-21H,4,7-8,17-18,22H2,1-3H3;4-5,8-15,18-20H,3,6-7,16-17,21H2,1-2H3,(H,37,38). The first-order valence-electron chi connectivity index (χ1n) is 27.4. The van der Waals surface area contributed by atoms with Gasteiger partial charge in [-0.25, -0.2) is 28.6 Å². The van der Waals surface area contributed by atoms with Gasteiger partial charge in [0.15, 0.2) is 11.3 Å². The number of fused-ring (bicyclic) bond motifs is 4. The van der Waals surface area contributed by atoms with Gasteiger partial charge < -0.3 is 19.3 Å². The number of ether oxygens (including phenoxy) is 3. The number of methoxy groups -OCH3 is 1. The molecule has 0 unspecified atom stereocenters. The van der Waals surface area contributed by atoms with Crippen LogP contribution in [0.5, 0.6) is 11.5 Å². The van der Waals surface area contributed by atoms with Gasteiger partial charge in [0.25, 0.3) is 0 Å². The second-order valence-corrected chi connectivity index (χ2v) is 22.0. The molecule has 2 saturated heterocycles. The maximum Gasteiger partial charge on any atom is 0.338 e. The van der Waals surface area contributed by atoms with Crippen LogP contribution in [0.15, 0.2) is 159 Å². The minimum absolute atomic E-state index is 0.260. The van der Waals surface area contributed by atoms with Gasteiger partial charge in [0, 0.05) is 60.1 Å². The normalized spacial score (nSPS) is 14.5. The molecule has 12 rings (SSSR count). The van der Waals surface area contributed by atoms with Crippen LogP contribution < -0.4 is 9.47 Å². The van der Waals surface area contributed by atoms with Crippen LogP contribution in [-0.4, -0.2) is 114 Å². The lowest BCUT2D eigenvalue weighted by Crippen LogP contribution is -2.44. The van der Waals surface area contributed by atoms with E-state index >= 15 is 0 Å². The van der Waals surface area contributed by atoms with Crippen molar-refractivity contribution in [1.82, 2.24) is 39.0 Å². The molecule has 79 heavy (non-hydrogen) atoms. The molecule has 4 aromatic heterocycles. The van der Waals surface area contributed by atoms with E-state index in [-0.39, 0.29) is 22.7 Å². The molecule has 6 heterocycles. The third kappa shape index (κ3) is 11.6. The molecule has 0 amide bonds. The Balaban J connectivity index is 0.000000167. The smallest absolute Gasteiger partial charge is 0.338 e. The molecule has 0 bridgehead atoms. The third-order valence-corrected chi connectivity index (χ3v) is 15.0. The second kappa shape index (κ2) is 22.5. The summed E-state index contributed by atoms with van der Waals surface area (Å²) in [6, 6.07) is 38.9. The van der Waals surface area contributed by atoms with E-state index in [2.05, 4.69) is 72.0 Å². The molecule has 0 aliphatic carbocycles. The maximum atomic E-state index is 12.3. The van der Waals surface area contributed by atoms with Gasteiger partial charge in [-0.3, -0.25) is 9.80 Å². The first-order valence-corrected chi connectivity index (χ1v) is 27.4. The fourth-order valence-corrected chi connectivity index (χ4v) is 11.4. The average Bonchev–Trinajstić information content (AvgIpc) is 4.30. The molecule has 2 aliphatic heterocycles. The number of carbonyl (C=O) groups is 2. The summed E-state index contributed by atoms with van der Waals surface area (Å²) in [4.78, 5) is 38.6. The van der Waals surface area contributed by atoms with Crippen LogP contribution in [0, 0.1) is 0 Å². The monoisotopic (exact) mass is 1050 g/mol. The molecule has 10 aromatic rings. The highest BCUT2D eigenvalue weighted by Crippen LogP contribution is 2.36. The summed E-state index contributed by atoms with van der Waals surface area (Å²) in [5.41, 5.74) is 9.36. The lowest BCUT2D eigenvalue weighted by Gasteiger charge is -2.35. The first kappa shape index (κ1) is 52.6. The van der Waals surface area contributed by atoms with E-state index < -0.39 is 5.97 Å². The van der Waals surface area contributed by atoms with Gasteiger partial charge in [-0.2, -0.15) is 10.2 Å². The number of carbonyl (C=O) groups excluding carboxylic acids is 1. The summed E-state index contributed by atoms with van der Waals surface area (Å²) >= 11 is 0. The second-order valence-electron chi connectivity index (χ2n) is 22.0. The Morgan fingerprint density at radius 1 is 0.481 bits per heavy atom. The largest absolute Gasteiger partial charge is 0.487 e. The van der Waals surface area contributed by atoms with Gasteiger partial charge in [-0.1, -0.05) is 97.8 Å². The Hall–Kier alpha value is -8.46. The Morgan fingerprint density at radius 3 is 1.30 bits per heavy atom. The quantitative estimate of drug-likeness (QED) is 0.103. The molecule has 1 N–H and O–H groups in total. The van der Waals surface area contributed by atoms with E-state index in [1.54, 1.807) is 27.4 Å². The van der Waals surface area contributed by atoms with Crippen molar-refractivity contribution in [3.63, 3.8) is 0 Å². The predicted octanol–water partition coefficient (Wildman–Crippen LogP) is 13.2. The Kier molecular flexibility index (Phi) is 15.0. The SMILES string of the molecule is CC(C)(CN1CCCCC1)Oc1ccc(-c2cnc3c(-c4ccc(C(=O)O)c5ccccc45)cnn3c2)cc1.COC(=O)c1ccc(-c2cnn3cc(-c4ccc(OC(C)(C)CN5CCCCC5)cc4)cnc23)c2ccccc12. The number of nitrogens with zero attached hydrogens (tertiary/aromatic N) is 8. The number of aromatic nitrogens is 6. The number of carboxylic acids is 1. The number of piperidine rings is 2. The number of hydrogen-bond donors (Lipinski definition) is 1. The van der Waals surface area contributed by atoms with Crippen molar-refractivity contribution in [3.8, 4) is 56.0 Å². The van der Waals surface area contributed by atoms with Crippen LogP contribution in [0.4, 0.5) is 0 Å². The van der Waals surface area contributed by atoms with Crippen LogP contribution in [0.2, 0.25) is 0 Å². The minimum atomic E-state index is -0.942. The van der Waals surface area contributed by atoms with Crippen LogP contribution in [0.1, 0.15) is 86.9 Å². The van der Waals surface area contributed by atoms with E-state index in [1.807, 2.05) is 116 Å². The van der Waals surface area contributed by atoms with Crippen LogP contribution >= 0.6 is 0 Å². The number of esters is 1. The number of hydrogen-bond acceptors (Lipinski definition) is 11. The van der Waals surface area contributed by atoms with Crippen molar-refractivity contribution >= 4 is 44.8 Å². The summed E-state index contributed by atoms with van der Waals surface area (Å²) in [7, 11) is 1.40. The van der Waals surface area contributed by atoms with Gasteiger partial charge in [-0.15, -0.1) is 0 Å². The highest BCUT2D eigenvalue weighted by molar-refractivity contribution is 6.11. The van der Waals surface area contributed by atoms with Crippen molar-refractivity contribution in [3.05, 3.63) is 170 Å². The number of benzene rings is 6. The Bertz CT molecular complexity index is 3820. The van der Waals surface area contributed by atoms with E-state index in [1.165, 1.54) is 45.6 Å². The highest BCUT2D eigenvalue weighted by atomic mass is 16.5. The number of aromatic carboxylic acids is 1. The van der Waals surface area contributed by atoms with Gasteiger partial charge >= 0.3 is 11.9 Å². The number of likely N-dealkylation sites (tertiary alicyclic amines) is 2. The molecule has 14 nitrogen and oxygen atoms in total. The molecule has 2 fully saturated rings. The topological polar surface area (TPSA) is 149 Å². The predicted molar refractivity (Wildman–Crippen MR) is 311 cm³/mol. The fraction of sp³-hybridized carbons (Fsp3) is 0.292. The lowest BCUT2D eigenvalue weighted by atomic mass is 9.96. The molecule has 0 saturated carbocycles. The zero-order chi connectivity index (χ0) is 54.7. The molecule has 402 valence electrons. The van der Waals surface area contributed by atoms with E-state index in [4.69, 9.17) is 24.2 Å². The zero-order valence-electron chi connectivity index (χ0n) is 45.6. The summed E-state index contributed by atoms with van der Waals surface area (Å²) in [6.45, 7) is 15.1. The van der Waals surface area contributed by atoms with Gasteiger partial charge in [0.05, 0.1) is 30.6 Å². The molecular formula is C65H66N8O6. The zero-order valence-corrected chi connectivity index (χ0v) is 45.6. The molecular weight excluding hydrogens is 989 g/mol. The highest BCUT2D eigenvalue weighted by Gasteiger charge is 2.27. The molecule has 0 radical (unpaired) electrons. The van der Waals surface area contributed by atoms with E-state index in [0.29, 0.717) is 16.6 Å². The van der Waals surface area contributed by atoms with Crippen molar-refractivity contribution in [2.24, 2.45) is 0 Å². The van der Waals surface area contributed by atoms with Crippen molar-refractivity contribution < 1.29 is 28.9 Å². The number of carboxylic acid groups (broad SMARTS) is 1.